The number of hydrogen-bond acceptors (Lipinski definition) is 1. The summed E-state index contributed by atoms with van der Waals surface area (Å²) >= 11 is 0. The summed E-state index contributed by atoms with van der Waals surface area (Å²) in [7, 11) is 0. The Hall–Kier alpha value is -1.31. The molecule has 2 nitrogen and oxygen atoms in total. The fraction of sp³-hybridized carbons (Fsp3) is 0.273. The van der Waals surface area contributed by atoms with E-state index in [4.69, 9.17) is 0 Å². The van der Waals surface area contributed by atoms with Gasteiger partial charge in [-0.1, -0.05) is 19.1 Å². The van der Waals surface area contributed by atoms with E-state index in [0.717, 1.165) is 5.52 Å². The van der Waals surface area contributed by atoms with Crippen LogP contribution in [0, 0.1) is 6.42 Å². The molecular weight excluding hydrogens is 160 g/mol. The molecular formula is C11H13N2. The van der Waals surface area contributed by atoms with Gasteiger partial charge in [0, 0.05) is 6.04 Å². The molecule has 0 fully saturated rings. The van der Waals surface area contributed by atoms with Gasteiger partial charge < -0.3 is 4.57 Å². The van der Waals surface area contributed by atoms with Gasteiger partial charge in [0.1, 0.15) is 0 Å². The van der Waals surface area contributed by atoms with Gasteiger partial charge in [0.05, 0.1) is 17.4 Å². The Morgan fingerprint density at radius 2 is 2.15 bits per heavy atom. The normalized spacial score (nSPS) is 13.4. The van der Waals surface area contributed by atoms with Crippen molar-refractivity contribution < 1.29 is 0 Å². The monoisotopic (exact) mass is 173 g/mol. The molecule has 0 spiro atoms. The van der Waals surface area contributed by atoms with Crippen molar-refractivity contribution in [2.45, 2.75) is 19.9 Å². The molecule has 2 rings (SSSR count). The Morgan fingerprint density at radius 1 is 1.38 bits per heavy atom. The smallest absolute Gasteiger partial charge is 0.0960 e. The summed E-state index contributed by atoms with van der Waals surface area (Å²) in [5, 5.41) is 0. The van der Waals surface area contributed by atoms with Crippen molar-refractivity contribution >= 4 is 11.0 Å². The van der Waals surface area contributed by atoms with Crippen LogP contribution in [-0.4, -0.2) is 9.55 Å². The van der Waals surface area contributed by atoms with Crippen LogP contribution >= 0.6 is 0 Å². The van der Waals surface area contributed by atoms with Gasteiger partial charge in [0.2, 0.25) is 0 Å². The zero-order valence-corrected chi connectivity index (χ0v) is 7.94. The molecule has 0 N–H and O–H groups in total. The predicted octanol–water partition coefficient (Wildman–Crippen LogP) is 2.82. The summed E-state index contributed by atoms with van der Waals surface area (Å²) in [6, 6.07) is 8.60. The molecule has 0 amide bonds. The largest absolute Gasteiger partial charge is 0.327 e. The number of rotatable bonds is 2. The second-order valence-corrected chi connectivity index (χ2v) is 3.21. The lowest BCUT2D eigenvalue weighted by Gasteiger charge is -2.10. The molecule has 0 aliphatic heterocycles. The molecule has 0 aliphatic carbocycles. The molecule has 0 bridgehead atoms. The molecule has 0 saturated carbocycles. The standard InChI is InChI=1S/C11H13N2/c1-3-9(2)13-8-12-10-6-4-5-7-11(10)13/h3-9H,1-2H3. The van der Waals surface area contributed by atoms with Gasteiger partial charge in [-0.05, 0) is 25.5 Å². The molecule has 0 saturated heterocycles. The van der Waals surface area contributed by atoms with Crippen LogP contribution < -0.4 is 0 Å². The molecule has 67 valence electrons. The summed E-state index contributed by atoms with van der Waals surface area (Å²) < 4.78 is 2.18. The minimum Gasteiger partial charge on any atom is -0.327 e. The van der Waals surface area contributed by atoms with Crippen LogP contribution in [-0.2, 0) is 0 Å². The number of nitrogens with zero attached hydrogens (tertiary/aromatic N) is 2. The summed E-state index contributed by atoms with van der Waals surface area (Å²) in [4.78, 5) is 4.33. The van der Waals surface area contributed by atoms with Gasteiger partial charge >= 0.3 is 0 Å². The van der Waals surface area contributed by atoms with Crippen molar-refractivity contribution in [2.75, 3.05) is 0 Å². The minimum absolute atomic E-state index is 0.410. The van der Waals surface area contributed by atoms with Gasteiger partial charge in [-0.25, -0.2) is 4.98 Å². The molecule has 1 heterocycles. The van der Waals surface area contributed by atoms with Crippen LogP contribution in [0.5, 0.6) is 0 Å². The van der Waals surface area contributed by atoms with E-state index in [1.165, 1.54) is 5.52 Å². The van der Waals surface area contributed by atoms with E-state index in [0.29, 0.717) is 6.04 Å². The van der Waals surface area contributed by atoms with Gasteiger partial charge in [-0.15, -0.1) is 0 Å². The van der Waals surface area contributed by atoms with Crippen LogP contribution in [0.3, 0.4) is 0 Å². The molecule has 1 aromatic heterocycles. The van der Waals surface area contributed by atoms with E-state index in [9.17, 15) is 0 Å². The van der Waals surface area contributed by atoms with Crippen LogP contribution in [0.15, 0.2) is 30.6 Å². The van der Waals surface area contributed by atoms with Crippen LogP contribution in [0.4, 0.5) is 0 Å². The number of fused-ring (bicyclic) bond motifs is 1. The third-order valence-electron chi connectivity index (χ3n) is 2.40. The maximum absolute atomic E-state index is 4.33. The van der Waals surface area contributed by atoms with Crippen LogP contribution in [0.25, 0.3) is 11.0 Å². The van der Waals surface area contributed by atoms with Crippen LogP contribution in [0.2, 0.25) is 0 Å². The van der Waals surface area contributed by atoms with Crippen LogP contribution in [0.1, 0.15) is 19.9 Å². The van der Waals surface area contributed by atoms with Crippen molar-refractivity contribution in [3.8, 4) is 0 Å². The molecule has 13 heavy (non-hydrogen) atoms. The lowest BCUT2D eigenvalue weighted by Crippen LogP contribution is -2.01. The number of hydrogen-bond donors (Lipinski definition) is 0. The predicted molar refractivity (Wildman–Crippen MR) is 54.4 cm³/mol. The molecule has 1 atom stereocenters. The summed E-state index contributed by atoms with van der Waals surface area (Å²) in [5.41, 5.74) is 2.27. The van der Waals surface area contributed by atoms with E-state index in [2.05, 4.69) is 35.9 Å². The Bertz CT molecular complexity index is 403. The number of imidazole rings is 1. The van der Waals surface area contributed by atoms with E-state index in [-0.39, 0.29) is 0 Å². The lowest BCUT2D eigenvalue weighted by atomic mass is 10.2. The maximum Gasteiger partial charge on any atom is 0.0960 e. The SMILES string of the molecule is C[CH]C(C)n1cnc2ccccc21. The summed E-state index contributed by atoms with van der Waals surface area (Å²) in [6.07, 6.45) is 4.06. The van der Waals surface area contributed by atoms with Crippen molar-refractivity contribution in [1.29, 1.82) is 0 Å². The Labute approximate surface area is 78.2 Å². The molecule has 2 aromatic rings. The second kappa shape index (κ2) is 3.21. The molecule has 1 aromatic carbocycles. The highest BCUT2D eigenvalue weighted by atomic mass is 15.1. The lowest BCUT2D eigenvalue weighted by molar-refractivity contribution is 0.638. The molecule has 0 aliphatic rings. The first kappa shape index (κ1) is 8.30. The minimum atomic E-state index is 0.410. The van der Waals surface area contributed by atoms with E-state index >= 15 is 0 Å². The highest BCUT2D eigenvalue weighted by Crippen LogP contribution is 2.18. The first-order valence-electron chi connectivity index (χ1n) is 4.54. The average molecular weight is 173 g/mol. The zero-order chi connectivity index (χ0) is 9.26. The number of aromatic nitrogens is 2. The van der Waals surface area contributed by atoms with Gasteiger partial charge in [0.15, 0.2) is 0 Å². The number of para-hydroxylation sites is 2. The van der Waals surface area contributed by atoms with Crippen molar-refractivity contribution in [3.05, 3.63) is 37.0 Å². The molecule has 1 unspecified atom stereocenters. The van der Waals surface area contributed by atoms with E-state index in [1.54, 1.807) is 0 Å². The molecule has 1 radical (unpaired) electrons. The quantitative estimate of drug-likeness (QED) is 0.682. The Morgan fingerprint density at radius 3 is 2.92 bits per heavy atom. The van der Waals surface area contributed by atoms with Crippen molar-refractivity contribution in [2.24, 2.45) is 0 Å². The van der Waals surface area contributed by atoms with E-state index in [1.807, 2.05) is 24.5 Å². The average Bonchev–Trinajstić information content (AvgIpc) is 2.60. The van der Waals surface area contributed by atoms with Gasteiger partial charge in [-0.2, -0.15) is 0 Å². The topological polar surface area (TPSA) is 17.8 Å². The first-order valence-corrected chi connectivity index (χ1v) is 4.54. The zero-order valence-electron chi connectivity index (χ0n) is 7.94. The van der Waals surface area contributed by atoms with Crippen molar-refractivity contribution in [3.63, 3.8) is 0 Å². The Balaban J connectivity index is 2.57. The maximum atomic E-state index is 4.33. The second-order valence-electron chi connectivity index (χ2n) is 3.21. The van der Waals surface area contributed by atoms with Gasteiger partial charge in [-0.3, -0.25) is 0 Å². The summed E-state index contributed by atoms with van der Waals surface area (Å²) in [6.45, 7) is 4.23. The fourth-order valence-electron chi connectivity index (χ4n) is 1.46. The fourth-order valence-corrected chi connectivity index (χ4v) is 1.46. The highest BCUT2D eigenvalue weighted by Gasteiger charge is 2.05. The highest BCUT2D eigenvalue weighted by molar-refractivity contribution is 5.75. The molecule has 2 heteroatoms. The van der Waals surface area contributed by atoms with Crippen molar-refractivity contribution in [1.82, 2.24) is 9.55 Å². The van der Waals surface area contributed by atoms with E-state index < -0.39 is 0 Å². The number of benzene rings is 1. The third kappa shape index (κ3) is 1.32. The third-order valence-corrected chi connectivity index (χ3v) is 2.40. The summed E-state index contributed by atoms with van der Waals surface area (Å²) in [5.74, 6) is 0. The Kier molecular flexibility index (Phi) is 2.05. The first-order chi connectivity index (χ1) is 6.33. The van der Waals surface area contributed by atoms with Gasteiger partial charge in [0.25, 0.3) is 0 Å².